The summed E-state index contributed by atoms with van der Waals surface area (Å²) in [5.41, 5.74) is 6.07. The Morgan fingerprint density at radius 1 is 1.38 bits per heavy atom. The number of alkyl halides is 1. The second-order valence-electron chi connectivity index (χ2n) is 9.44. The maximum atomic E-state index is 15.3. The van der Waals surface area contributed by atoms with E-state index in [2.05, 4.69) is 31.2 Å². The van der Waals surface area contributed by atoms with Crippen molar-refractivity contribution in [2.75, 3.05) is 32.7 Å². The molecule has 200 valence electrons. The molecular weight excluding hydrogens is 524 g/mol. The second-order valence-corrected chi connectivity index (χ2v) is 10.8. The molecule has 1 fully saturated rings. The highest BCUT2D eigenvalue weighted by molar-refractivity contribution is 8.15. The number of nitrogens with one attached hydrogen (secondary N) is 1. The van der Waals surface area contributed by atoms with Crippen LogP contribution in [0.15, 0.2) is 53.8 Å². The predicted molar refractivity (Wildman–Crippen MR) is 147 cm³/mol. The van der Waals surface area contributed by atoms with E-state index in [1.165, 1.54) is 47.1 Å². The van der Waals surface area contributed by atoms with E-state index in [0.717, 1.165) is 0 Å². The molecule has 2 aliphatic rings. The summed E-state index contributed by atoms with van der Waals surface area (Å²) in [4.78, 5) is 31.1. The Labute approximate surface area is 228 Å². The molecule has 0 bridgehead atoms. The molecule has 2 aromatic heterocycles. The van der Waals surface area contributed by atoms with Crippen LogP contribution in [0.2, 0.25) is 0 Å². The van der Waals surface area contributed by atoms with Crippen molar-refractivity contribution in [3.63, 3.8) is 0 Å². The van der Waals surface area contributed by atoms with Gasteiger partial charge < -0.3 is 20.7 Å². The molecule has 9 nitrogen and oxygen atoms in total. The molecule has 1 aliphatic heterocycles. The number of amidine groups is 1. The number of nitrogens with two attached hydrogens (primary N) is 1. The van der Waals surface area contributed by atoms with Gasteiger partial charge >= 0.3 is 0 Å². The topological polar surface area (TPSA) is 119 Å². The van der Waals surface area contributed by atoms with Gasteiger partial charge in [-0.3, -0.25) is 4.79 Å². The first-order valence-electron chi connectivity index (χ1n) is 12.0. The molecule has 12 heteroatoms. The van der Waals surface area contributed by atoms with Crippen LogP contribution >= 0.6 is 11.8 Å². The monoisotopic (exact) mass is 549 g/mol. The molecule has 3 aromatic rings. The number of hydrogen-bond acceptors (Lipinski definition) is 9. The number of carbonyl (C=O) groups excluding carboxylic acids is 1. The molecule has 3 atom stereocenters. The van der Waals surface area contributed by atoms with Crippen LogP contribution in [0.25, 0.3) is 11.0 Å². The van der Waals surface area contributed by atoms with Crippen molar-refractivity contribution >= 4 is 45.4 Å². The van der Waals surface area contributed by atoms with Gasteiger partial charge in [-0.15, -0.1) is 6.42 Å². The number of nitrogens with zero attached hydrogens (tertiary/aromatic N) is 5. The molecule has 0 radical (unpaired) electrons. The highest BCUT2D eigenvalue weighted by Gasteiger charge is 2.67. The normalized spacial score (nSPS) is 23.6. The van der Waals surface area contributed by atoms with Crippen LogP contribution in [0.5, 0.6) is 5.88 Å². The molecule has 1 amide bonds. The number of fused-ring (bicyclic) bond motifs is 2. The van der Waals surface area contributed by atoms with Gasteiger partial charge in [-0.05, 0) is 30.7 Å². The van der Waals surface area contributed by atoms with E-state index in [-0.39, 0.29) is 29.1 Å². The minimum absolute atomic E-state index is 0.0561. The zero-order valence-electron chi connectivity index (χ0n) is 21.2. The number of halogens is 2. The molecule has 39 heavy (non-hydrogen) atoms. The second kappa shape index (κ2) is 10.1. The number of thioether (sulfide) groups is 1. The van der Waals surface area contributed by atoms with Crippen LogP contribution in [-0.4, -0.2) is 63.1 Å². The molecule has 5 rings (SSSR count). The number of aromatic nitrogens is 3. The first kappa shape index (κ1) is 26.4. The minimum Gasteiger partial charge on any atom is -0.463 e. The lowest BCUT2D eigenvalue weighted by Crippen LogP contribution is -2.39. The van der Waals surface area contributed by atoms with Crippen LogP contribution in [0.3, 0.4) is 0 Å². The van der Waals surface area contributed by atoms with Gasteiger partial charge in [0, 0.05) is 48.3 Å². The standard InChI is InChI=1S/C27H25F2N7O2S/c1-4-11-38-21-14-32-23-19(34-21)8-10-31-24(23)33-16-5-6-18(29)17(12-16)27(15-28)20-13-26(20,39-25(30)35-27)9-7-22(37)36(2)3/h1,5-10,12,14,20H,11,13,15H2,2-3H3,(H2,30,35)(H,31,33)/b9-7+/t20-,26+,27-/m1/s1. The number of aliphatic imine (C=N–C) groups is 1. The fourth-order valence-electron chi connectivity index (χ4n) is 4.74. The molecule has 0 saturated heterocycles. The Morgan fingerprint density at radius 3 is 2.95 bits per heavy atom. The SMILES string of the molecule is C#CCOc1cnc2c(Nc3ccc(F)c([C@@]4(CF)N=C(N)S[C@@]5(/C=C/C(=O)N(C)C)C[C@H]54)c3)nccc2n1. The van der Waals surface area contributed by atoms with Crippen LogP contribution in [0.1, 0.15) is 12.0 Å². The van der Waals surface area contributed by atoms with Crippen molar-refractivity contribution < 1.29 is 18.3 Å². The van der Waals surface area contributed by atoms with Gasteiger partial charge in [0.25, 0.3) is 0 Å². The molecule has 1 aliphatic carbocycles. The van der Waals surface area contributed by atoms with Crippen molar-refractivity contribution in [1.29, 1.82) is 0 Å². The van der Waals surface area contributed by atoms with Crippen molar-refractivity contribution in [2.24, 2.45) is 16.6 Å². The predicted octanol–water partition coefficient (Wildman–Crippen LogP) is 3.55. The average molecular weight is 550 g/mol. The number of anilines is 2. The summed E-state index contributed by atoms with van der Waals surface area (Å²) >= 11 is 1.27. The van der Waals surface area contributed by atoms with Crippen LogP contribution in [0, 0.1) is 24.1 Å². The van der Waals surface area contributed by atoms with E-state index in [1.54, 1.807) is 32.4 Å². The molecule has 0 spiro atoms. The van der Waals surface area contributed by atoms with E-state index >= 15 is 4.39 Å². The molecule has 1 saturated carbocycles. The molecule has 1 aromatic carbocycles. The number of rotatable bonds is 8. The lowest BCUT2D eigenvalue weighted by atomic mass is 9.84. The van der Waals surface area contributed by atoms with Crippen molar-refractivity contribution in [1.82, 2.24) is 19.9 Å². The third kappa shape index (κ3) is 4.85. The Hall–Kier alpha value is -4.24. The van der Waals surface area contributed by atoms with Gasteiger partial charge in [0.15, 0.2) is 17.6 Å². The zero-order chi connectivity index (χ0) is 27.8. The molecule has 0 unspecified atom stereocenters. The van der Waals surface area contributed by atoms with Gasteiger partial charge in [-0.2, -0.15) is 0 Å². The summed E-state index contributed by atoms with van der Waals surface area (Å²) < 4.78 is 34.9. The molecule has 3 N–H and O–H groups in total. The third-order valence-corrected chi connectivity index (χ3v) is 7.99. The number of pyridine rings is 1. The van der Waals surface area contributed by atoms with E-state index < -0.39 is 28.7 Å². The fraction of sp³-hybridized carbons (Fsp3) is 0.296. The van der Waals surface area contributed by atoms with Gasteiger partial charge in [0.1, 0.15) is 23.5 Å². The summed E-state index contributed by atoms with van der Waals surface area (Å²) in [6.45, 7) is -0.907. The number of carbonyl (C=O) groups is 1. The molecular formula is C27H25F2N7O2S. The summed E-state index contributed by atoms with van der Waals surface area (Å²) in [6.07, 6.45) is 11.9. The fourth-order valence-corrected chi connectivity index (χ4v) is 6.06. The summed E-state index contributed by atoms with van der Waals surface area (Å²) in [5.74, 6) is 1.78. The Balaban J connectivity index is 1.49. The lowest BCUT2D eigenvalue weighted by Gasteiger charge is -2.34. The van der Waals surface area contributed by atoms with E-state index in [4.69, 9.17) is 16.9 Å². The van der Waals surface area contributed by atoms with E-state index in [9.17, 15) is 9.18 Å². The summed E-state index contributed by atoms with van der Waals surface area (Å²) in [7, 11) is 3.28. The number of terminal acetylenes is 1. The van der Waals surface area contributed by atoms with Gasteiger partial charge in [0.2, 0.25) is 11.8 Å². The van der Waals surface area contributed by atoms with Crippen molar-refractivity contribution in [2.45, 2.75) is 16.7 Å². The first-order valence-corrected chi connectivity index (χ1v) is 12.8. The number of benzene rings is 1. The number of amides is 1. The largest absolute Gasteiger partial charge is 0.463 e. The van der Waals surface area contributed by atoms with Gasteiger partial charge in [-0.25, -0.2) is 28.7 Å². The number of likely N-dealkylation sites (N-methyl/N-ethyl adjacent to an activating group) is 1. The Kier molecular flexibility index (Phi) is 6.86. The maximum Gasteiger partial charge on any atom is 0.245 e. The zero-order valence-corrected chi connectivity index (χ0v) is 22.0. The highest BCUT2D eigenvalue weighted by atomic mass is 32.2. The average Bonchev–Trinajstić information content (AvgIpc) is 3.66. The van der Waals surface area contributed by atoms with Crippen LogP contribution < -0.4 is 15.8 Å². The number of ether oxygens (including phenoxy) is 1. The summed E-state index contributed by atoms with van der Waals surface area (Å²) in [6, 6.07) is 5.95. The summed E-state index contributed by atoms with van der Waals surface area (Å²) in [5, 5.41) is 3.27. The lowest BCUT2D eigenvalue weighted by molar-refractivity contribution is -0.123. The smallest absolute Gasteiger partial charge is 0.245 e. The Bertz CT molecular complexity index is 1560. The first-order chi connectivity index (χ1) is 18.7. The molecule has 3 heterocycles. The Morgan fingerprint density at radius 2 is 2.21 bits per heavy atom. The maximum absolute atomic E-state index is 15.3. The third-order valence-electron chi connectivity index (χ3n) is 6.72. The number of hydrogen-bond donors (Lipinski definition) is 2. The van der Waals surface area contributed by atoms with Crippen molar-refractivity contribution in [3.8, 4) is 18.2 Å². The van der Waals surface area contributed by atoms with Gasteiger partial charge in [0.05, 0.1) is 11.7 Å². The van der Waals surface area contributed by atoms with E-state index in [0.29, 0.717) is 29.0 Å². The van der Waals surface area contributed by atoms with Crippen LogP contribution in [-0.2, 0) is 10.3 Å². The highest BCUT2D eigenvalue weighted by Crippen LogP contribution is 2.67. The van der Waals surface area contributed by atoms with E-state index in [1.807, 2.05) is 0 Å². The van der Waals surface area contributed by atoms with Crippen molar-refractivity contribution in [3.05, 3.63) is 60.2 Å². The van der Waals surface area contributed by atoms with Crippen LogP contribution in [0.4, 0.5) is 20.3 Å². The quantitative estimate of drug-likeness (QED) is 0.324. The minimum atomic E-state index is -1.54. The van der Waals surface area contributed by atoms with Gasteiger partial charge in [-0.1, -0.05) is 23.8 Å².